The Morgan fingerprint density at radius 2 is 2.09 bits per heavy atom. The molecule has 2 aliphatic heterocycles. The highest BCUT2D eigenvalue weighted by molar-refractivity contribution is 5.91. The molecule has 3 heterocycles. The second-order valence-electron chi connectivity index (χ2n) is 6.98. The Morgan fingerprint density at radius 1 is 1.39 bits per heavy atom. The molecule has 0 unspecified atom stereocenters. The quantitative estimate of drug-likeness (QED) is 0.850. The van der Waals surface area contributed by atoms with E-state index in [4.69, 9.17) is 9.26 Å². The topological polar surface area (TPSA) is 75.9 Å². The van der Waals surface area contributed by atoms with E-state index in [1.54, 1.807) is 22.9 Å². The summed E-state index contributed by atoms with van der Waals surface area (Å²) >= 11 is 0. The number of piperidine rings is 1. The van der Waals surface area contributed by atoms with Crippen molar-refractivity contribution >= 4 is 12.0 Å². The van der Waals surface area contributed by atoms with Crippen LogP contribution in [0.3, 0.4) is 0 Å². The van der Waals surface area contributed by atoms with Crippen LogP contribution in [0.15, 0.2) is 10.6 Å². The van der Waals surface area contributed by atoms with Crippen LogP contribution in [0.25, 0.3) is 0 Å². The summed E-state index contributed by atoms with van der Waals surface area (Å²) in [5.74, 6) is 0.615. The highest BCUT2D eigenvalue weighted by atomic mass is 16.6. The second kappa shape index (κ2) is 5.86. The zero-order valence-electron chi connectivity index (χ0n) is 13.9. The molecule has 0 bridgehead atoms. The molecule has 126 valence electrons. The van der Waals surface area contributed by atoms with Gasteiger partial charge >= 0.3 is 6.09 Å². The number of likely N-dealkylation sites (tertiary alicyclic amines) is 1. The van der Waals surface area contributed by atoms with Crippen LogP contribution >= 0.6 is 0 Å². The molecule has 7 nitrogen and oxygen atoms in total. The summed E-state index contributed by atoms with van der Waals surface area (Å²) in [4.78, 5) is 27.4. The third-order valence-electron chi connectivity index (χ3n) is 4.49. The fraction of sp³-hybridized carbons (Fsp3) is 0.688. The molecule has 2 fully saturated rings. The first-order chi connectivity index (χ1) is 10.9. The van der Waals surface area contributed by atoms with Gasteiger partial charge in [0.05, 0.1) is 12.2 Å². The van der Waals surface area contributed by atoms with Gasteiger partial charge in [-0.15, -0.1) is 0 Å². The number of amides is 2. The molecule has 0 saturated carbocycles. The van der Waals surface area contributed by atoms with Crippen molar-refractivity contribution in [1.29, 1.82) is 0 Å². The van der Waals surface area contributed by atoms with Crippen LogP contribution < -0.4 is 0 Å². The van der Waals surface area contributed by atoms with Gasteiger partial charge in [-0.1, -0.05) is 19.0 Å². The number of aromatic nitrogens is 1. The number of carbonyl (C=O) groups is 2. The van der Waals surface area contributed by atoms with Crippen molar-refractivity contribution in [3.05, 3.63) is 17.5 Å². The van der Waals surface area contributed by atoms with E-state index in [1.165, 1.54) is 0 Å². The summed E-state index contributed by atoms with van der Waals surface area (Å²) in [5, 5.41) is 3.96. The van der Waals surface area contributed by atoms with Gasteiger partial charge in [0.25, 0.3) is 5.91 Å². The van der Waals surface area contributed by atoms with Gasteiger partial charge in [0.2, 0.25) is 5.76 Å². The lowest BCUT2D eigenvalue weighted by atomic mass is 9.91. The first kappa shape index (κ1) is 15.8. The van der Waals surface area contributed by atoms with Crippen molar-refractivity contribution in [1.82, 2.24) is 15.0 Å². The average molecular weight is 321 g/mol. The normalized spacial score (nSPS) is 20.4. The van der Waals surface area contributed by atoms with Crippen LogP contribution in [-0.2, 0) is 11.2 Å². The van der Waals surface area contributed by atoms with Gasteiger partial charge in [-0.05, 0) is 12.3 Å². The zero-order chi connectivity index (χ0) is 16.6. The standard InChI is InChI=1S/C16H23N3O4/c1-11(2)8-12-9-13(23-17-12)14(20)19-6-4-16(5-7-19)10-18(3)15(21)22-16/h9,11H,4-8,10H2,1-3H3. The number of ether oxygens (including phenoxy) is 1. The fourth-order valence-corrected chi connectivity index (χ4v) is 3.25. The molecule has 0 aliphatic carbocycles. The van der Waals surface area contributed by atoms with Crippen molar-refractivity contribution in [3.63, 3.8) is 0 Å². The zero-order valence-corrected chi connectivity index (χ0v) is 13.9. The van der Waals surface area contributed by atoms with Crippen molar-refractivity contribution in [2.24, 2.45) is 5.92 Å². The molecule has 2 aliphatic rings. The number of likely N-dealkylation sites (N-methyl/N-ethyl adjacent to an activating group) is 1. The molecule has 7 heteroatoms. The van der Waals surface area contributed by atoms with Crippen LogP contribution in [0.4, 0.5) is 4.79 Å². The SMILES string of the molecule is CC(C)Cc1cc(C(=O)N2CCC3(CC2)CN(C)C(=O)O3)on1. The van der Waals surface area contributed by atoms with Gasteiger partial charge in [-0.3, -0.25) is 4.79 Å². The van der Waals surface area contributed by atoms with Gasteiger partial charge in [-0.2, -0.15) is 0 Å². The molecule has 23 heavy (non-hydrogen) atoms. The number of hydrogen-bond acceptors (Lipinski definition) is 5. The molecule has 1 spiro atoms. The predicted octanol–water partition coefficient (Wildman–Crippen LogP) is 1.93. The molecule has 0 N–H and O–H groups in total. The number of hydrogen-bond donors (Lipinski definition) is 0. The molecule has 0 radical (unpaired) electrons. The van der Waals surface area contributed by atoms with Crippen LogP contribution in [0.5, 0.6) is 0 Å². The van der Waals surface area contributed by atoms with E-state index in [0.29, 0.717) is 38.4 Å². The Labute approximate surface area is 135 Å². The number of rotatable bonds is 3. The highest BCUT2D eigenvalue weighted by Gasteiger charge is 2.46. The van der Waals surface area contributed by atoms with E-state index >= 15 is 0 Å². The lowest BCUT2D eigenvalue weighted by Gasteiger charge is -2.36. The molecule has 1 aromatic heterocycles. The van der Waals surface area contributed by atoms with Crippen LogP contribution in [0.1, 0.15) is 42.9 Å². The number of carbonyl (C=O) groups excluding carboxylic acids is 2. The molecule has 1 aromatic rings. The summed E-state index contributed by atoms with van der Waals surface area (Å²) in [7, 11) is 1.74. The second-order valence-corrected chi connectivity index (χ2v) is 6.98. The Balaban J connectivity index is 1.60. The largest absolute Gasteiger partial charge is 0.441 e. The Bertz CT molecular complexity index is 602. The van der Waals surface area contributed by atoms with E-state index in [9.17, 15) is 9.59 Å². The van der Waals surface area contributed by atoms with E-state index in [-0.39, 0.29) is 17.8 Å². The van der Waals surface area contributed by atoms with E-state index < -0.39 is 5.60 Å². The van der Waals surface area contributed by atoms with E-state index in [2.05, 4.69) is 19.0 Å². The molecular formula is C16H23N3O4. The van der Waals surface area contributed by atoms with Gasteiger partial charge in [0.1, 0.15) is 5.60 Å². The highest BCUT2D eigenvalue weighted by Crippen LogP contribution is 2.33. The molecule has 0 aromatic carbocycles. The van der Waals surface area contributed by atoms with Gasteiger partial charge in [-0.25, -0.2) is 4.79 Å². The average Bonchev–Trinajstić information content (AvgIpc) is 3.04. The smallest absolute Gasteiger partial charge is 0.410 e. The van der Waals surface area contributed by atoms with Crippen LogP contribution in [0.2, 0.25) is 0 Å². The van der Waals surface area contributed by atoms with Gasteiger partial charge in [0.15, 0.2) is 0 Å². The summed E-state index contributed by atoms with van der Waals surface area (Å²) < 4.78 is 10.7. The summed E-state index contributed by atoms with van der Waals surface area (Å²) in [5.41, 5.74) is 0.371. The lowest BCUT2D eigenvalue weighted by molar-refractivity contribution is 0.00209. The maximum atomic E-state index is 12.5. The first-order valence-electron chi connectivity index (χ1n) is 8.07. The Morgan fingerprint density at radius 3 is 2.65 bits per heavy atom. The minimum absolute atomic E-state index is 0.139. The van der Waals surface area contributed by atoms with Crippen molar-refractivity contribution < 1.29 is 18.8 Å². The third kappa shape index (κ3) is 3.18. The van der Waals surface area contributed by atoms with Crippen molar-refractivity contribution in [2.45, 2.75) is 38.7 Å². The van der Waals surface area contributed by atoms with Gasteiger partial charge < -0.3 is 19.1 Å². The maximum absolute atomic E-state index is 12.5. The third-order valence-corrected chi connectivity index (χ3v) is 4.49. The fourth-order valence-electron chi connectivity index (χ4n) is 3.25. The molecule has 0 atom stereocenters. The van der Waals surface area contributed by atoms with Gasteiger partial charge in [0, 0.05) is 39.0 Å². The molecule has 2 amide bonds. The Hall–Kier alpha value is -2.05. The van der Waals surface area contributed by atoms with E-state index in [0.717, 1.165) is 12.1 Å². The van der Waals surface area contributed by atoms with Crippen LogP contribution in [0, 0.1) is 5.92 Å². The minimum Gasteiger partial charge on any atom is -0.441 e. The number of nitrogens with zero attached hydrogens (tertiary/aromatic N) is 3. The molecule has 2 saturated heterocycles. The summed E-state index contributed by atoms with van der Waals surface area (Å²) in [6, 6.07) is 1.73. The monoisotopic (exact) mass is 321 g/mol. The van der Waals surface area contributed by atoms with Crippen LogP contribution in [-0.4, -0.2) is 59.2 Å². The predicted molar refractivity (Wildman–Crippen MR) is 82.0 cm³/mol. The van der Waals surface area contributed by atoms with Crippen molar-refractivity contribution in [3.8, 4) is 0 Å². The van der Waals surface area contributed by atoms with E-state index in [1.807, 2.05) is 0 Å². The molecule has 3 rings (SSSR count). The minimum atomic E-state index is -0.438. The maximum Gasteiger partial charge on any atom is 0.410 e. The Kier molecular flexibility index (Phi) is 4.04. The molecular weight excluding hydrogens is 298 g/mol. The summed E-state index contributed by atoms with van der Waals surface area (Å²) in [6.45, 7) is 5.90. The van der Waals surface area contributed by atoms with Crippen molar-refractivity contribution in [2.75, 3.05) is 26.7 Å². The first-order valence-corrected chi connectivity index (χ1v) is 8.07. The summed E-state index contributed by atoms with van der Waals surface area (Å²) in [6.07, 6.45) is 1.82. The lowest BCUT2D eigenvalue weighted by Crippen LogP contribution is -2.48.